The summed E-state index contributed by atoms with van der Waals surface area (Å²) in [6.45, 7) is 0.359. The van der Waals surface area contributed by atoms with Gasteiger partial charge in [-0.15, -0.1) is 0 Å². The highest BCUT2D eigenvalue weighted by Crippen LogP contribution is 2.28. The number of benzene rings is 2. The molecule has 0 fully saturated rings. The second-order valence-electron chi connectivity index (χ2n) is 5.49. The van der Waals surface area contributed by atoms with E-state index in [-0.39, 0.29) is 11.8 Å². The molecule has 0 aliphatic carbocycles. The number of nitrogens with zero attached hydrogens (tertiary/aromatic N) is 1. The van der Waals surface area contributed by atoms with Crippen molar-refractivity contribution < 1.29 is 9.32 Å². The Morgan fingerprint density at radius 3 is 2.42 bits per heavy atom. The zero-order valence-corrected chi connectivity index (χ0v) is 13.7. The van der Waals surface area contributed by atoms with Crippen LogP contribution in [0.4, 0.5) is 0 Å². The van der Waals surface area contributed by atoms with Gasteiger partial charge in [-0.2, -0.15) is 0 Å². The molecule has 122 valence electrons. The fraction of sp³-hybridized carbons (Fsp3) is 0.158. The molecule has 5 heteroatoms. The van der Waals surface area contributed by atoms with Gasteiger partial charge in [-0.1, -0.05) is 59.2 Å². The average Bonchev–Trinajstić information content (AvgIpc) is 3.13. The van der Waals surface area contributed by atoms with Gasteiger partial charge in [0.2, 0.25) is 5.91 Å². The fourth-order valence-electron chi connectivity index (χ4n) is 2.58. The summed E-state index contributed by atoms with van der Waals surface area (Å²) in [7, 11) is 0. The number of halogens is 1. The smallest absolute Gasteiger partial charge is 0.221 e. The van der Waals surface area contributed by atoms with Gasteiger partial charge in [0.05, 0.1) is 6.54 Å². The van der Waals surface area contributed by atoms with Crippen LogP contribution in [0, 0.1) is 0 Å². The van der Waals surface area contributed by atoms with E-state index in [4.69, 9.17) is 16.1 Å². The minimum atomic E-state index is -0.0400. The van der Waals surface area contributed by atoms with Gasteiger partial charge < -0.3 is 9.84 Å². The summed E-state index contributed by atoms with van der Waals surface area (Å²) in [5.41, 5.74) is 2.85. The molecule has 0 saturated heterocycles. The Morgan fingerprint density at radius 1 is 1.04 bits per heavy atom. The molecule has 1 aromatic heterocycles. The molecule has 24 heavy (non-hydrogen) atoms. The summed E-state index contributed by atoms with van der Waals surface area (Å²) in [5, 5.41) is 7.35. The highest BCUT2D eigenvalue weighted by Gasteiger charge is 2.18. The van der Waals surface area contributed by atoms with Crippen molar-refractivity contribution in [2.24, 2.45) is 0 Å². The van der Waals surface area contributed by atoms with Gasteiger partial charge in [-0.25, -0.2) is 0 Å². The van der Waals surface area contributed by atoms with Gasteiger partial charge in [0.1, 0.15) is 12.0 Å². The molecular formula is C19H17ClN2O2. The first-order valence-electron chi connectivity index (χ1n) is 7.69. The van der Waals surface area contributed by atoms with E-state index in [1.807, 2.05) is 54.6 Å². The quantitative estimate of drug-likeness (QED) is 0.732. The zero-order valence-electron chi connectivity index (χ0n) is 13.0. The molecule has 0 radical (unpaired) electrons. The average molecular weight is 341 g/mol. The molecule has 0 aliphatic rings. The predicted molar refractivity (Wildman–Crippen MR) is 92.7 cm³/mol. The number of hydrogen-bond acceptors (Lipinski definition) is 3. The van der Waals surface area contributed by atoms with E-state index >= 15 is 0 Å². The van der Waals surface area contributed by atoms with Crippen LogP contribution in [-0.2, 0) is 11.3 Å². The van der Waals surface area contributed by atoms with Crippen molar-refractivity contribution in [1.29, 1.82) is 0 Å². The highest BCUT2D eigenvalue weighted by atomic mass is 35.5. The van der Waals surface area contributed by atoms with Crippen molar-refractivity contribution >= 4 is 17.5 Å². The highest BCUT2D eigenvalue weighted by molar-refractivity contribution is 6.30. The first kappa shape index (κ1) is 16.3. The Hall–Kier alpha value is -2.59. The van der Waals surface area contributed by atoms with Crippen LogP contribution in [-0.4, -0.2) is 11.1 Å². The molecule has 1 amide bonds. The molecule has 0 spiro atoms. The van der Waals surface area contributed by atoms with Gasteiger partial charge >= 0.3 is 0 Å². The van der Waals surface area contributed by atoms with E-state index in [1.165, 1.54) is 6.26 Å². The van der Waals surface area contributed by atoms with Crippen molar-refractivity contribution in [3.63, 3.8) is 0 Å². The number of hydrogen-bond donors (Lipinski definition) is 1. The summed E-state index contributed by atoms with van der Waals surface area (Å²) in [4.78, 5) is 12.4. The Morgan fingerprint density at radius 2 is 1.75 bits per heavy atom. The Labute approximate surface area is 145 Å². The Bertz CT molecular complexity index is 771. The van der Waals surface area contributed by atoms with Crippen molar-refractivity contribution in [1.82, 2.24) is 10.5 Å². The first-order valence-corrected chi connectivity index (χ1v) is 8.06. The van der Waals surface area contributed by atoms with Crippen molar-refractivity contribution in [2.45, 2.75) is 18.9 Å². The Balaban J connectivity index is 1.74. The van der Waals surface area contributed by atoms with E-state index < -0.39 is 0 Å². The summed E-state index contributed by atoms with van der Waals surface area (Å²) >= 11 is 5.98. The maximum atomic E-state index is 12.4. The number of amides is 1. The van der Waals surface area contributed by atoms with Crippen molar-refractivity contribution in [3.8, 4) is 0 Å². The monoisotopic (exact) mass is 340 g/mol. The van der Waals surface area contributed by atoms with Crippen LogP contribution in [0.2, 0.25) is 5.02 Å². The summed E-state index contributed by atoms with van der Waals surface area (Å²) in [6.07, 6.45) is 1.84. The molecule has 1 heterocycles. The van der Waals surface area contributed by atoms with Crippen LogP contribution in [0.1, 0.15) is 29.2 Å². The number of nitrogens with one attached hydrogen (secondary N) is 1. The Kier molecular flexibility index (Phi) is 5.29. The van der Waals surface area contributed by atoms with Gasteiger partial charge in [-0.05, 0) is 23.3 Å². The first-order chi connectivity index (χ1) is 11.7. The summed E-state index contributed by atoms with van der Waals surface area (Å²) in [5.74, 6) is -0.0671. The number of carbonyl (C=O) groups excluding carboxylic acids is 1. The van der Waals surface area contributed by atoms with Crippen LogP contribution < -0.4 is 5.32 Å². The van der Waals surface area contributed by atoms with Crippen LogP contribution in [0.5, 0.6) is 0 Å². The predicted octanol–water partition coefficient (Wildman–Crippen LogP) is 4.17. The second-order valence-corrected chi connectivity index (χ2v) is 5.92. The second kappa shape index (κ2) is 7.79. The minimum absolute atomic E-state index is 0.0271. The molecule has 4 nitrogen and oxygen atoms in total. The van der Waals surface area contributed by atoms with E-state index in [0.29, 0.717) is 23.7 Å². The van der Waals surface area contributed by atoms with Gasteiger partial charge in [0.25, 0.3) is 0 Å². The summed E-state index contributed by atoms with van der Waals surface area (Å²) in [6, 6.07) is 19.3. The van der Waals surface area contributed by atoms with E-state index in [0.717, 1.165) is 11.1 Å². The zero-order chi connectivity index (χ0) is 16.8. The van der Waals surface area contributed by atoms with E-state index in [1.54, 1.807) is 6.07 Å². The van der Waals surface area contributed by atoms with Crippen LogP contribution >= 0.6 is 11.6 Å². The third-order valence-electron chi connectivity index (χ3n) is 3.82. The maximum absolute atomic E-state index is 12.4. The molecule has 1 N–H and O–H groups in total. The SMILES string of the molecule is O=C(C[C@H](c1ccccc1)c1ccc(Cl)cc1)NCc1ccon1. The number of carbonyl (C=O) groups is 1. The molecule has 2 aromatic carbocycles. The molecular weight excluding hydrogens is 324 g/mol. The molecule has 0 bridgehead atoms. The number of aromatic nitrogens is 1. The van der Waals surface area contributed by atoms with Crippen molar-refractivity contribution in [2.75, 3.05) is 0 Å². The minimum Gasteiger partial charge on any atom is -0.364 e. The lowest BCUT2D eigenvalue weighted by Gasteiger charge is -2.18. The van der Waals surface area contributed by atoms with Gasteiger partial charge in [0.15, 0.2) is 0 Å². The molecule has 3 aromatic rings. The van der Waals surface area contributed by atoms with E-state index in [2.05, 4.69) is 10.5 Å². The van der Waals surface area contributed by atoms with E-state index in [9.17, 15) is 4.79 Å². The molecule has 1 atom stereocenters. The molecule has 0 aliphatic heterocycles. The lowest BCUT2D eigenvalue weighted by molar-refractivity contribution is -0.121. The van der Waals surface area contributed by atoms with Gasteiger partial charge in [-0.3, -0.25) is 4.79 Å². The summed E-state index contributed by atoms with van der Waals surface area (Å²) < 4.78 is 4.76. The molecule has 0 unspecified atom stereocenters. The normalized spacial score (nSPS) is 11.9. The van der Waals surface area contributed by atoms with Crippen LogP contribution in [0.3, 0.4) is 0 Å². The topological polar surface area (TPSA) is 55.1 Å². The van der Waals surface area contributed by atoms with Crippen molar-refractivity contribution in [3.05, 3.63) is 88.8 Å². The third kappa shape index (κ3) is 4.24. The number of rotatable bonds is 6. The lowest BCUT2D eigenvalue weighted by atomic mass is 9.88. The maximum Gasteiger partial charge on any atom is 0.221 e. The van der Waals surface area contributed by atoms with Gasteiger partial charge in [0, 0.05) is 23.4 Å². The largest absolute Gasteiger partial charge is 0.364 e. The van der Waals surface area contributed by atoms with Crippen LogP contribution in [0.15, 0.2) is 71.4 Å². The fourth-order valence-corrected chi connectivity index (χ4v) is 2.71. The third-order valence-corrected chi connectivity index (χ3v) is 4.07. The molecule has 0 saturated carbocycles. The standard InChI is InChI=1S/C19H17ClN2O2/c20-16-8-6-15(7-9-16)18(14-4-2-1-3-5-14)12-19(23)21-13-17-10-11-24-22-17/h1-11,18H,12-13H2,(H,21,23)/t18-/m1/s1. The van der Waals surface area contributed by atoms with Crippen LogP contribution in [0.25, 0.3) is 0 Å². The molecule has 3 rings (SSSR count). The lowest BCUT2D eigenvalue weighted by Crippen LogP contribution is -2.25.